The highest BCUT2D eigenvalue weighted by molar-refractivity contribution is 7.13. The van der Waals surface area contributed by atoms with Gasteiger partial charge in [-0.25, -0.2) is 4.98 Å². The van der Waals surface area contributed by atoms with Gasteiger partial charge >= 0.3 is 5.97 Å². The van der Waals surface area contributed by atoms with Crippen LogP contribution in [0.25, 0.3) is 0 Å². The summed E-state index contributed by atoms with van der Waals surface area (Å²) in [4.78, 5) is 15.4. The van der Waals surface area contributed by atoms with Gasteiger partial charge in [-0.2, -0.15) is 0 Å². The zero-order valence-corrected chi connectivity index (χ0v) is 12.6. The van der Waals surface area contributed by atoms with Crippen LogP contribution in [0.15, 0.2) is 5.38 Å². The summed E-state index contributed by atoms with van der Waals surface area (Å²) in [6.07, 6.45) is 1.17. The Hall–Kier alpha value is -1.14. The number of hydrogen-bond acceptors (Lipinski definition) is 6. The summed E-state index contributed by atoms with van der Waals surface area (Å²) in [5.74, 6) is 0.312. The minimum Gasteiger partial charge on any atom is -0.469 e. The van der Waals surface area contributed by atoms with E-state index in [1.54, 1.807) is 0 Å². The monoisotopic (exact) mass is 286 g/mol. The van der Waals surface area contributed by atoms with Crippen LogP contribution >= 0.6 is 11.3 Å². The Balaban J connectivity index is 2.14. The van der Waals surface area contributed by atoms with Crippen LogP contribution in [0.2, 0.25) is 0 Å². The van der Waals surface area contributed by atoms with Crippen LogP contribution in [0.5, 0.6) is 0 Å². The summed E-state index contributed by atoms with van der Waals surface area (Å²) < 4.78 is 10.1. The molecule has 0 saturated heterocycles. The number of hydrogen-bond donors (Lipinski definition) is 1. The highest BCUT2D eigenvalue weighted by atomic mass is 32.1. The van der Waals surface area contributed by atoms with Gasteiger partial charge in [0, 0.05) is 25.1 Å². The van der Waals surface area contributed by atoms with E-state index in [-0.39, 0.29) is 12.4 Å². The summed E-state index contributed by atoms with van der Waals surface area (Å²) in [5, 5.41) is 5.93. The number of carbonyl (C=O) groups is 1. The van der Waals surface area contributed by atoms with E-state index in [1.807, 2.05) is 5.38 Å². The van der Waals surface area contributed by atoms with Gasteiger partial charge in [-0.05, 0) is 12.3 Å². The van der Waals surface area contributed by atoms with Gasteiger partial charge in [-0.3, -0.25) is 4.79 Å². The topological polar surface area (TPSA) is 60.5 Å². The van der Waals surface area contributed by atoms with Crippen LogP contribution in [0.1, 0.15) is 26.0 Å². The fraction of sp³-hybridized carbons (Fsp3) is 0.692. The zero-order chi connectivity index (χ0) is 14.1. The van der Waals surface area contributed by atoms with Crippen LogP contribution in [0, 0.1) is 5.92 Å². The van der Waals surface area contributed by atoms with E-state index in [2.05, 4.69) is 28.9 Å². The third-order valence-corrected chi connectivity index (χ3v) is 3.15. The largest absolute Gasteiger partial charge is 0.469 e. The van der Waals surface area contributed by atoms with Gasteiger partial charge in [0.2, 0.25) is 0 Å². The molecule has 0 fully saturated rings. The van der Waals surface area contributed by atoms with Crippen LogP contribution in [-0.2, 0) is 20.7 Å². The Morgan fingerprint density at radius 2 is 2.32 bits per heavy atom. The van der Waals surface area contributed by atoms with E-state index in [0.29, 0.717) is 5.92 Å². The standard InChI is InChI=1S/C13H22N2O3S/c1-10(2)8-18-6-4-5-14-13-15-11(9-19-13)7-12(16)17-3/h9-10H,4-8H2,1-3H3,(H,14,15). The lowest BCUT2D eigenvalue weighted by Gasteiger charge is -2.06. The minimum atomic E-state index is -0.265. The van der Waals surface area contributed by atoms with Crippen LogP contribution in [0.3, 0.4) is 0 Å². The van der Waals surface area contributed by atoms with E-state index >= 15 is 0 Å². The summed E-state index contributed by atoms with van der Waals surface area (Å²) in [7, 11) is 1.38. The van der Waals surface area contributed by atoms with Crippen molar-refractivity contribution in [3.05, 3.63) is 11.1 Å². The molecule has 1 heterocycles. The molecule has 1 rings (SSSR count). The number of anilines is 1. The quantitative estimate of drug-likeness (QED) is 0.557. The molecule has 0 aromatic carbocycles. The van der Waals surface area contributed by atoms with E-state index in [9.17, 15) is 4.79 Å². The Morgan fingerprint density at radius 1 is 1.53 bits per heavy atom. The van der Waals surface area contributed by atoms with E-state index in [1.165, 1.54) is 18.4 Å². The fourth-order valence-corrected chi connectivity index (χ4v) is 2.12. The molecule has 0 radical (unpaired) electrons. The normalized spacial score (nSPS) is 10.7. The van der Waals surface area contributed by atoms with Crippen LogP contribution < -0.4 is 5.32 Å². The fourth-order valence-electron chi connectivity index (χ4n) is 1.38. The Kier molecular flexibility index (Phi) is 7.43. The second-order valence-electron chi connectivity index (χ2n) is 4.65. The van der Waals surface area contributed by atoms with E-state index in [4.69, 9.17) is 4.74 Å². The first-order valence-corrected chi connectivity index (χ1v) is 7.32. The van der Waals surface area contributed by atoms with Crippen molar-refractivity contribution >= 4 is 22.4 Å². The highest BCUT2D eigenvalue weighted by Crippen LogP contribution is 2.15. The summed E-state index contributed by atoms with van der Waals surface area (Å²) in [6.45, 7) is 6.66. The SMILES string of the molecule is COC(=O)Cc1csc(NCCCOCC(C)C)n1. The molecule has 5 nitrogen and oxygen atoms in total. The summed E-state index contributed by atoms with van der Waals surface area (Å²) in [5.41, 5.74) is 0.746. The highest BCUT2D eigenvalue weighted by Gasteiger charge is 2.07. The van der Waals surface area contributed by atoms with Gasteiger partial charge in [0.1, 0.15) is 0 Å². The van der Waals surface area contributed by atoms with Gasteiger partial charge < -0.3 is 14.8 Å². The van der Waals surface area contributed by atoms with Crippen molar-refractivity contribution in [1.29, 1.82) is 0 Å². The van der Waals surface area contributed by atoms with Gasteiger partial charge in [0.15, 0.2) is 5.13 Å². The Bertz CT molecular complexity index is 380. The second kappa shape index (κ2) is 8.87. The van der Waals surface area contributed by atoms with Crippen LogP contribution in [-0.4, -0.2) is 37.8 Å². The van der Waals surface area contributed by atoms with E-state index in [0.717, 1.165) is 37.0 Å². The molecule has 1 aromatic rings. The molecule has 19 heavy (non-hydrogen) atoms. The number of rotatable bonds is 9. The molecule has 1 N–H and O–H groups in total. The number of nitrogens with one attached hydrogen (secondary N) is 1. The third-order valence-electron chi connectivity index (χ3n) is 2.30. The molecule has 0 aliphatic rings. The predicted octanol–water partition coefficient (Wildman–Crippen LogP) is 2.33. The lowest BCUT2D eigenvalue weighted by molar-refractivity contribution is -0.139. The Labute approximate surface area is 118 Å². The van der Waals surface area contributed by atoms with Gasteiger partial charge in [-0.1, -0.05) is 13.8 Å². The molecule has 6 heteroatoms. The number of methoxy groups -OCH3 is 1. The number of thiazole rings is 1. The molecule has 0 saturated carbocycles. The van der Waals surface area contributed by atoms with Crippen molar-refractivity contribution in [2.45, 2.75) is 26.7 Å². The smallest absolute Gasteiger partial charge is 0.311 e. The van der Waals surface area contributed by atoms with Crippen molar-refractivity contribution in [3.8, 4) is 0 Å². The molecule has 0 unspecified atom stereocenters. The molecule has 0 spiro atoms. The molecule has 1 aromatic heterocycles. The van der Waals surface area contributed by atoms with Crippen molar-refractivity contribution in [1.82, 2.24) is 4.98 Å². The van der Waals surface area contributed by atoms with Crippen molar-refractivity contribution in [3.63, 3.8) is 0 Å². The molecular weight excluding hydrogens is 264 g/mol. The summed E-state index contributed by atoms with van der Waals surface area (Å²) in [6, 6.07) is 0. The summed E-state index contributed by atoms with van der Waals surface area (Å²) >= 11 is 1.50. The molecule has 0 atom stereocenters. The molecular formula is C13H22N2O3S. The minimum absolute atomic E-state index is 0.228. The number of nitrogens with zero attached hydrogens (tertiary/aromatic N) is 1. The molecule has 0 aliphatic heterocycles. The van der Waals surface area contributed by atoms with Crippen molar-refractivity contribution in [2.24, 2.45) is 5.92 Å². The number of aromatic nitrogens is 1. The first-order chi connectivity index (χ1) is 9.11. The number of esters is 1. The zero-order valence-electron chi connectivity index (χ0n) is 11.8. The maximum absolute atomic E-state index is 11.1. The predicted molar refractivity (Wildman–Crippen MR) is 76.6 cm³/mol. The number of carbonyl (C=O) groups excluding carboxylic acids is 1. The van der Waals surface area contributed by atoms with Crippen molar-refractivity contribution in [2.75, 3.05) is 32.2 Å². The lowest BCUT2D eigenvalue weighted by atomic mass is 10.2. The average molecular weight is 286 g/mol. The van der Waals surface area contributed by atoms with Crippen LogP contribution in [0.4, 0.5) is 5.13 Å². The van der Waals surface area contributed by atoms with Crippen molar-refractivity contribution < 1.29 is 14.3 Å². The molecule has 108 valence electrons. The first-order valence-electron chi connectivity index (χ1n) is 6.44. The Morgan fingerprint density at radius 3 is 3.00 bits per heavy atom. The molecule has 0 amide bonds. The maximum Gasteiger partial charge on any atom is 0.311 e. The average Bonchev–Trinajstić information content (AvgIpc) is 2.80. The molecule has 0 bridgehead atoms. The lowest BCUT2D eigenvalue weighted by Crippen LogP contribution is -2.09. The molecule has 0 aliphatic carbocycles. The van der Waals surface area contributed by atoms with Gasteiger partial charge in [-0.15, -0.1) is 11.3 Å². The number of ether oxygens (including phenoxy) is 2. The first kappa shape index (κ1) is 15.9. The third kappa shape index (κ3) is 7.12. The van der Waals surface area contributed by atoms with Gasteiger partial charge in [0.25, 0.3) is 0 Å². The van der Waals surface area contributed by atoms with Gasteiger partial charge in [0.05, 0.1) is 19.2 Å². The van der Waals surface area contributed by atoms with E-state index < -0.39 is 0 Å². The maximum atomic E-state index is 11.1. The second-order valence-corrected chi connectivity index (χ2v) is 5.50.